The molecule has 0 spiro atoms. The third-order valence-electron chi connectivity index (χ3n) is 7.81. The highest BCUT2D eigenvalue weighted by molar-refractivity contribution is 5.96. The maximum atomic E-state index is 13.7. The lowest BCUT2D eigenvalue weighted by molar-refractivity contribution is -0.142. The predicted molar refractivity (Wildman–Crippen MR) is 174 cm³/mol. The molecule has 2 aromatic carbocycles. The second-order valence-corrected chi connectivity index (χ2v) is 11.6. The van der Waals surface area contributed by atoms with Crippen LogP contribution >= 0.6 is 0 Å². The van der Waals surface area contributed by atoms with Crippen molar-refractivity contribution >= 4 is 41.4 Å². The van der Waals surface area contributed by atoms with Crippen LogP contribution < -0.4 is 38.1 Å². The van der Waals surface area contributed by atoms with Crippen LogP contribution in [0.2, 0.25) is 0 Å². The Labute approximate surface area is 278 Å². The van der Waals surface area contributed by atoms with Gasteiger partial charge in [-0.05, 0) is 43.4 Å². The summed E-state index contributed by atoms with van der Waals surface area (Å²) in [6, 6.07) is 11.6. The minimum absolute atomic E-state index is 0.0139. The molecule has 3 rings (SSSR count). The highest BCUT2D eigenvalue weighted by Crippen LogP contribution is 2.10. The molecule has 1 aliphatic rings. The van der Waals surface area contributed by atoms with Crippen molar-refractivity contribution in [2.24, 2.45) is 11.5 Å². The summed E-state index contributed by atoms with van der Waals surface area (Å²) in [6.07, 6.45) is 0.331. The second kappa shape index (κ2) is 18.7. The zero-order valence-electron chi connectivity index (χ0n) is 26.5. The molecule has 0 bridgehead atoms. The SMILES string of the molecule is NC(=O)CC[C@H](NC(=O)[C@@H]1CCCN1)C(=O)N[C@@H](CCC(N)=O)C(=O)N[C@@H](Cc1ccccc1)C(=O)N[C@@H](Cc1ccccc1)C(=O)O. The third kappa shape index (κ3) is 12.5. The summed E-state index contributed by atoms with van der Waals surface area (Å²) in [7, 11) is 0. The largest absolute Gasteiger partial charge is 0.480 e. The Kier molecular flexibility index (Phi) is 14.5. The summed E-state index contributed by atoms with van der Waals surface area (Å²) in [5.74, 6) is -5.65. The number of carbonyl (C=O) groups excluding carboxylic acids is 6. The fraction of sp³-hybridized carbons (Fsp3) is 0.424. The second-order valence-electron chi connectivity index (χ2n) is 11.6. The number of carboxylic acids is 1. The van der Waals surface area contributed by atoms with Crippen LogP contribution in [0.15, 0.2) is 60.7 Å². The molecular weight excluding hydrogens is 622 g/mol. The van der Waals surface area contributed by atoms with Gasteiger partial charge < -0.3 is 43.2 Å². The smallest absolute Gasteiger partial charge is 0.326 e. The molecule has 1 fully saturated rings. The van der Waals surface area contributed by atoms with Crippen molar-refractivity contribution in [3.8, 4) is 0 Å². The van der Waals surface area contributed by atoms with Gasteiger partial charge in [0.1, 0.15) is 24.2 Å². The van der Waals surface area contributed by atoms with E-state index in [0.29, 0.717) is 24.1 Å². The topological polar surface area (TPSA) is 252 Å². The van der Waals surface area contributed by atoms with Crippen molar-refractivity contribution in [3.05, 3.63) is 71.8 Å². The highest BCUT2D eigenvalue weighted by Gasteiger charge is 2.33. The number of hydrogen-bond donors (Lipinski definition) is 8. The van der Waals surface area contributed by atoms with Gasteiger partial charge in [-0.2, -0.15) is 0 Å². The van der Waals surface area contributed by atoms with E-state index >= 15 is 0 Å². The van der Waals surface area contributed by atoms with Gasteiger partial charge in [0.05, 0.1) is 6.04 Å². The molecule has 2 aromatic rings. The van der Waals surface area contributed by atoms with Crippen LogP contribution in [0.5, 0.6) is 0 Å². The Hall–Kier alpha value is -5.31. The molecule has 0 saturated carbocycles. The van der Waals surface area contributed by atoms with Gasteiger partial charge in [-0.1, -0.05) is 60.7 Å². The maximum absolute atomic E-state index is 13.7. The summed E-state index contributed by atoms with van der Waals surface area (Å²) in [5.41, 5.74) is 11.9. The molecule has 1 aliphatic heterocycles. The van der Waals surface area contributed by atoms with Gasteiger partial charge in [-0.15, -0.1) is 0 Å². The molecule has 1 saturated heterocycles. The van der Waals surface area contributed by atoms with Gasteiger partial charge in [-0.25, -0.2) is 4.79 Å². The Bertz CT molecular complexity index is 1430. The van der Waals surface area contributed by atoms with Crippen LogP contribution in [-0.2, 0) is 46.4 Å². The maximum Gasteiger partial charge on any atom is 0.326 e. The predicted octanol–water partition coefficient (Wildman–Crippen LogP) is -1.22. The molecule has 0 unspecified atom stereocenters. The molecule has 0 aliphatic carbocycles. The monoisotopic (exact) mass is 665 g/mol. The minimum Gasteiger partial charge on any atom is -0.480 e. The van der Waals surface area contributed by atoms with Gasteiger partial charge in [-0.3, -0.25) is 28.8 Å². The van der Waals surface area contributed by atoms with Gasteiger partial charge in [0.2, 0.25) is 35.4 Å². The molecule has 5 atom stereocenters. The van der Waals surface area contributed by atoms with Crippen LogP contribution in [0.3, 0.4) is 0 Å². The van der Waals surface area contributed by atoms with Gasteiger partial charge in [0.15, 0.2) is 0 Å². The first-order valence-corrected chi connectivity index (χ1v) is 15.7. The summed E-state index contributed by atoms with van der Waals surface area (Å²) in [5, 5.41) is 23.1. The molecule has 258 valence electrons. The van der Waals surface area contributed by atoms with Gasteiger partial charge in [0.25, 0.3) is 0 Å². The van der Waals surface area contributed by atoms with E-state index in [0.717, 1.165) is 6.42 Å². The number of benzene rings is 2. The van der Waals surface area contributed by atoms with Crippen LogP contribution in [0.4, 0.5) is 0 Å². The number of nitrogens with one attached hydrogen (secondary N) is 5. The summed E-state index contributed by atoms with van der Waals surface area (Å²) >= 11 is 0. The first-order valence-electron chi connectivity index (χ1n) is 15.7. The normalized spacial score (nSPS) is 16.4. The number of primary amides is 2. The molecule has 15 nitrogen and oxygen atoms in total. The molecule has 0 radical (unpaired) electrons. The fourth-order valence-corrected chi connectivity index (χ4v) is 5.22. The van der Waals surface area contributed by atoms with E-state index in [1.54, 1.807) is 60.7 Å². The first-order chi connectivity index (χ1) is 22.9. The Morgan fingerprint density at radius 1 is 0.667 bits per heavy atom. The number of amides is 6. The zero-order valence-corrected chi connectivity index (χ0v) is 26.5. The lowest BCUT2D eigenvalue weighted by atomic mass is 10.0. The summed E-state index contributed by atoms with van der Waals surface area (Å²) < 4.78 is 0. The quantitative estimate of drug-likeness (QED) is 0.0894. The standard InChI is InChI=1S/C33H43N7O8/c34-27(41)15-13-23(37-29(43)22-12-7-17-36-22)30(44)38-24(14-16-28(35)42)31(45)39-25(18-20-8-3-1-4-9-20)32(46)40-26(33(47)48)19-21-10-5-2-6-11-21/h1-6,8-11,22-26,36H,7,12-19H2,(H2,34,41)(H2,35,42)(H,37,43)(H,38,44)(H,39,45)(H,40,46)(H,47,48)/t22-,23-,24-,25-,26-/m0/s1. The van der Waals surface area contributed by atoms with Crippen molar-refractivity contribution in [2.45, 2.75) is 81.6 Å². The number of rotatable bonds is 19. The van der Waals surface area contributed by atoms with E-state index in [1.165, 1.54) is 0 Å². The van der Waals surface area contributed by atoms with Crippen molar-refractivity contribution in [3.63, 3.8) is 0 Å². The van der Waals surface area contributed by atoms with E-state index in [4.69, 9.17) is 11.5 Å². The Morgan fingerprint density at radius 3 is 1.56 bits per heavy atom. The number of hydrogen-bond acceptors (Lipinski definition) is 8. The molecule has 48 heavy (non-hydrogen) atoms. The molecular formula is C33H43N7O8. The fourth-order valence-electron chi connectivity index (χ4n) is 5.22. The average Bonchev–Trinajstić information content (AvgIpc) is 3.60. The van der Waals surface area contributed by atoms with Gasteiger partial charge in [0, 0.05) is 25.7 Å². The van der Waals surface area contributed by atoms with E-state index in [2.05, 4.69) is 26.6 Å². The van der Waals surface area contributed by atoms with Crippen LogP contribution in [0.1, 0.15) is 49.7 Å². The lowest BCUT2D eigenvalue weighted by Gasteiger charge is -2.26. The van der Waals surface area contributed by atoms with Gasteiger partial charge >= 0.3 is 5.97 Å². The molecule has 10 N–H and O–H groups in total. The van der Waals surface area contributed by atoms with Crippen molar-refractivity contribution in [1.29, 1.82) is 0 Å². The highest BCUT2D eigenvalue weighted by atomic mass is 16.4. The molecule has 0 aromatic heterocycles. The van der Waals surface area contributed by atoms with Crippen LogP contribution in [-0.4, -0.2) is 83.3 Å². The van der Waals surface area contributed by atoms with Crippen LogP contribution in [0.25, 0.3) is 0 Å². The van der Waals surface area contributed by atoms with E-state index < -0.39 is 71.6 Å². The average molecular weight is 666 g/mol. The molecule has 1 heterocycles. The molecule has 15 heteroatoms. The Balaban J connectivity index is 1.81. The van der Waals surface area contributed by atoms with E-state index in [9.17, 15) is 38.7 Å². The van der Waals surface area contributed by atoms with Crippen molar-refractivity contribution in [2.75, 3.05) is 6.54 Å². The number of aliphatic carboxylic acids is 1. The van der Waals surface area contributed by atoms with E-state index in [-0.39, 0.29) is 38.5 Å². The lowest BCUT2D eigenvalue weighted by Crippen LogP contribution is -2.59. The minimum atomic E-state index is -1.40. The number of nitrogens with two attached hydrogens (primary N) is 2. The summed E-state index contributed by atoms with van der Waals surface area (Å²) in [4.78, 5) is 88.7. The third-order valence-corrected chi connectivity index (χ3v) is 7.81. The Morgan fingerprint density at radius 2 is 1.10 bits per heavy atom. The zero-order chi connectivity index (χ0) is 35.1. The van der Waals surface area contributed by atoms with E-state index in [1.807, 2.05) is 0 Å². The van der Waals surface area contributed by atoms with Crippen molar-refractivity contribution < 1.29 is 38.7 Å². The molecule has 6 amide bonds. The summed E-state index contributed by atoms with van der Waals surface area (Å²) in [6.45, 7) is 0.628. The number of carbonyl (C=O) groups is 7. The van der Waals surface area contributed by atoms with Crippen molar-refractivity contribution in [1.82, 2.24) is 26.6 Å². The number of carboxylic acid groups (broad SMARTS) is 1. The van der Waals surface area contributed by atoms with Crippen LogP contribution in [0, 0.1) is 0 Å². The first kappa shape index (κ1) is 37.2.